The number of benzene rings is 1. The minimum absolute atomic E-state index is 0.0611. The van der Waals surface area contributed by atoms with Gasteiger partial charge in [0.15, 0.2) is 5.76 Å². The van der Waals surface area contributed by atoms with Crippen molar-refractivity contribution in [3.05, 3.63) is 30.0 Å². The van der Waals surface area contributed by atoms with E-state index in [1.54, 1.807) is 6.07 Å². The number of nitrogens with one attached hydrogen (secondary N) is 1. The van der Waals surface area contributed by atoms with Crippen molar-refractivity contribution in [2.45, 2.75) is 58.8 Å². The molecule has 0 aliphatic carbocycles. The lowest BCUT2D eigenvalue weighted by atomic mass is 9.79. The van der Waals surface area contributed by atoms with E-state index in [0.717, 1.165) is 10.8 Å². The van der Waals surface area contributed by atoms with Gasteiger partial charge in [-0.15, -0.1) is 0 Å². The Hall–Kier alpha value is -1.79. The van der Waals surface area contributed by atoms with E-state index in [2.05, 4.69) is 5.32 Å². The molecule has 0 radical (unpaired) electrons. The maximum atomic E-state index is 12.1. The third-order valence-electron chi connectivity index (χ3n) is 4.71. The Balaban J connectivity index is 1.89. The summed E-state index contributed by atoms with van der Waals surface area (Å²) in [6.45, 7) is 11.9. The molecular weight excluding hydrogens is 305 g/mol. The summed E-state index contributed by atoms with van der Waals surface area (Å²) >= 11 is 0. The van der Waals surface area contributed by atoms with Crippen molar-refractivity contribution in [2.75, 3.05) is 0 Å². The van der Waals surface area contributed by atoms with E-state index in [1.165, 1.54) is 0 Å². The fraction of sp³-hybridized carbons (Fsp3) is 0.500. The van der Waals surface area contributed by atoms with E-state index in [1.807, 2.05) is 59.7 Å². The molecule has 1 amide bonds. The smallest absolute Gasteiger partial charge is 0.451 e. The molecule has 0 unspecified atom stereocenters. The molecule has 0 bridgehead atoms. The van der Waals surface area contributed by atoms with Gasteiger partial charge >= 0.3 is 7.12 Å². The van der Waals surface area contributed by atoms with E-state index in [9.17, 15) is 4.79 Å². The van der Waals surface area contributed by atoms with Crippen LogP contribution in [0, 0.1) is 0 Å². The van der Waals surface area contributed by atoms with Gasteiger partial charge < -0.3 is 19.0 Å². The van der Waals surface area contributed by atoms with Crippen molar-refractivity contribution < 1.29 is 18.5 Å². The van der Waals surface area contributed by atoms with Crippen LogP contribution >= 0.6 is 0 Å². The Morgan fingerprint density at radius 1 is 1.08 bits per heavy atom. The van der Waals surface area contributed by atoms with Crippen LogP contribution in [0.4, 0.5) is 0 Å². The van der Waals surface area contributed by atoms with E-state index >= 15 is 0 Å². The quantitative estimate of drug-likeness (QED) is 0.880. The van der Waals surface area contributed by atoms with Crippen LogP contribution in [0.15, 0.2) is 28.7 Å². The number of amides is 1. The lowest BCUT2D eigenvalue weighted by Crippen LogP contribution is -2.41. The number of furan rings is 1. The highest BCUT2D eigenvalue weighted by Crippen LogP contribution is 2.36. The first kappa shape index (κ1) is 17.1. The summed E-state index contributed by atoms with van der Waals surface area (Å²) < 4.78 is 17.8. The average molecular weight is 329 g/mol. The minimum Gasteiger partial charge on any atom is -0.451 e. The van der Waals surface area contributed by atoms with E-state index in [-0.39, 0.29) is 11.9 Å². The zero-order valence-corrected chi connectivity index (χ0v) is 15.1. The Kier molecular flexibility index (Phi) is 4.01. The molecule has 6 heteroatoms. The number of hydrogen-bond acceptors (Lipinski definition) is 4. The molecule has 24 heavy (non-hydrogen) atoms. The largest absolute Gasteiger partial charge is 0.494 e. The molecule has 1 aliphatic rings. The second-order valence-electron chi connectivity index (χ2n) is 7.62. The van der Waals surface area contributed by atoms with Gasteiger partial charge in [0.1, 0.15) is 5.58 Å². The van der Waals surface area contributed by atoms with E-state index < -0.39 is 18.3 Å². The van der Waals surface area contributed by atoms with Gasteiger partial charge in [-0.25, -0.2) is 0 Å². The first-order valence-corrected chi connectivity index (χ1v) is 8.29. The highest BCUT2D eigenvalue weighted by Gasteiger charge is 2.51. The predicted octanol–water partition coefficient (Wildman–Crippen LogP) is 2.87. The lowest BCUT2D eigenvalue weighted by Gasteiger charge is -2.32. The van der Waals surface area contributed by atoms with E-state index in [0.29, 0.717) is 11.3 Å². The standard InChI is InChI=1S/C18H24BNO4/c1-11(2)20-16(21)15-9-12-7-8-13(10-14(12)22-15)19-23-17(3,4)18(5,6)24-19/h7-11H,1-6H3,(H,20,21). The summed E-state index contributed by atoms with van der Waals surface area (Å²) in [5, 5.41) is 3.71. The predicted molar refractivity (Wildman–Crippen MR) is 94.5 cm³/mol. The van der Waals surface area contributed by atoms with Gasteiger partial charge in [0, 0.05) is 11.4 Å². The zero-order chi connectivity index (χ0) is 17.7. The summed E-state index contributed by atoms with van der Waals surface area (Å²) in [7, 11) is -0.447. The molecule has 128 valence electrons. The van der Waals surface area contributed by atoms with Gasteiger partial charge in [-0.1, -0.05) is 12.1 Å². The Morgan fingerprint density at radius 3 is 2.29 bits per heavy atom. The molecule has 1 aromatic carbocycles. The molecule has 3 rings (SSSR count). The van der Waals surface area contributed by atoms with Crippen LogP contribution in [0.1, 0.15) is 52.1 Å². The van der Waals surface area contributed by atoms with Gasteiger partial charge in [0.25, 0.3) is 5.91 Å². The molecule has 2 heterocycles. The summed E-state index contributed by atoms with van der Waals surface area (Å²) in [5.41, 5.74) is 0.748. The topological polar surface area (TPSA) is 60.7 Å². The third kappa shape index (κ3) is 2.96. The number of carbonyl (C=O) groups excluding carboxylic acids is 1. The molecule has 2 aromatic rings. The van der Waals surface area contributed by atoms with Crippen molar-refractivity contribution in [2.24, 2.45) is 0 Å². The highest BCUT2D eigenvalue weighted by atomic mass is 16.7. The first-order valence-electron chi connectivity index (χ1n) is 8.29. The van der Waals surface area contributed by atoms with Crippen LogP contribution in [0.2, 0.25) is 0 Å². The Labute approximate surface area is 142 Å². The van der Waals surface area contributed by atoms with Crippen LogP contribution in [0.3, 0.4) is 0 Å². The van der Waals surface area contributed by atoms with Crippen molar-refractivity contribution in [3.63, 3.8) is 0 Å². The Morgan fingerprint density at radius 2 is 1.71 bits per heavy atom. The van der Waals surface area contributed by atoms with Crippen molar-refractivity contribution in [3.8, 4) is 0 Å². The fourth-order valence-electron chi connectivity index (χ4n) is 2.62. The second-order valence-corrected chi connectivity index (χ2v) is 7.62. The monoisotopic (exact) mass is 329 g/mol. The minimum atomic E-state index is -0.447. The third-order valence-corrected chi connectivity index (χ3v) is 4.71. The summed E-state index contributed by atoms with van der Waals surface area (Å²) in [5.74, 6) is 0.100. The second kappa shape index (κ2) is 5.64. The van der Waals surface area contributed by atoms with Gasteiger partial charge in [0.2, 0.25) is 0 Å². The summed E-state index contributed by atoms with van der Waals surface area (Å²) in [6.07, 6.45) is 0. The van der Waals surface area contributed by atoms with Crippen molar-refractivity contribution >= 4 is 29.5 Å². The number of fused-ring (bicyclic) bond motifs is 1. The average Bonchev–Trinajstić information content (AvgIpc) is 2.96. The van der Waals surface area contributed by atoms with Crippen LogP contribution in [-0.2, 0) is 9.31 Å². The zero-order valence-electron chi connectivity index (χ0n) is 15.1. The molecule has 1 fully saturated rings. The van der Waals surface area contributed by atoms with Crippen LogP contribution in [-0.4, -0.2) is 30.3 Å². The highest BCUT2D eigenvalue weighted by molar-refractivity contribution is 6.62. The molecule has 1 aliphatic heterocycles. The van der Waals surface area contributed by atoms with Crippen LogP contribution < -0.4 is 10.8 Å². The van der Waals surface area contributed by atoms with E-state index in [4.69, 9.17) is 13.7 Å². The fourth-order valence-corrected chi connectivity index (χ4v) is 2.62. The molecule has 1 aromatic heterocycles. The molecule has 0 saturated carbocycles. The molecular formula is C18H24BNO4. The molecule has 1 N–H and O–H groups in total. The molecule has 0 spiro atoms. The number of carbonyl (C=O) groups is 1. The normalized spacial score (nSPS) is 19.2. The van der Waals surface area contributed by atoms with Crippen molar-refractivity contribution in [1.29, 1.82) is 0 Å². The van der Waals surface area contributed by atoms with Gasteiger partial charge in [0.05, 0.1) is 11.2 Å². The summed E-state index contributed by atoms with van der Waals surface area (Å²) in [6, 6.07) is 7.56. The lowest BCUT2D eigenvalue weighted by molar-refractivity contribution is 0.00578. The number of rotatable bonds is 3. The van der Waals surface area contributed by atoms with Gasteiger partial charge in [-0.05, 0) is 59.1 Å². The van der Waals surface area contributed by atoms with Crippen LogP contribution in [0.5, 0.6) is 0 Å². The maximum Gasteiger partial charge on any atom is 0.494 e. The first-order chi connectivity index (χ1) is 11.1. The Bertz CT molecular complexity index is 762. The maximum absolute atomic E-state index is 12.1. The molecule has 1 saturated heterocycles. The SMILES string of the molecule is CC(C)NC(=O)c1cc2ccc(B3OC(C)(C)C(C)(C)O3)cc2o1. The molecule has 5 nitrogen and oxygen atoms in total. The van der Waals surface area contributed by atoms with Gasteiger partial charge in [-0.3, -0.25) is 4.79 Å². The van der Waals surface area contributed by atoms with Crippen LogP contribution in [0.25, 0.3) is 11.0 Å². The van der Waals surface area contributed by atoms with Gasteiger partial charge in [-0.2, -0.15) is 0 Å². The molecule has 0 atom stereocenters. The number of hydrogen-bond donors (Lipinski definition) is 1. The van der Waals surface area contributed by atoms with Crippen molar-refractivity contribution in [1.82, 2.24) is 5.32 Å². The summed E-state index contributed by atoms with van der Waals surface area (Å²) in [4.78, 5) is 12.1.